The molecule has 4 rings (SSSR count). The van der Waals surface area contributed by atoms with E-state index in [0.717, 1.165) is 0 Å². The number of para-hydroxylation sites is 2. The van der Waals surface area contributed by atoms with Gasteiger partial charge in [0, 0.05) is 5.69 Å². The van der Waals surface area contributed by atoms with Crippen LogP contribution in [-0.4, -0.2) is 39.9 Å². The first-order chi connectivity index (χ1) is 15.7. The third-order valence-electron chi connectivity index (χ3n) is 4.55. The molecule has 0 spiro atoms. The fraction of sp³-hybridized carbons (Fsp3) is 0. The van der Waals surface area contributed by atoms with Gasteiger partial charge in [0.1, 0.15) is 0 Å². The number of aromatic nitrogens is 2. The molecule has 0 aliphatic rings. The van der Waals surface area contributed by atoms with E-state index in [0.29, 0.717) is 16.7 Å². The fourth-order valence-electron chi connectivity index (χ4n) is 2.97. The van der Waals surface area contributed by atoms with Crippen molar-refractivity contribution in [3.05, 3.63) is 78.4 Å². The average Bonchev–Trinajstić information content (AvgIpc) is 2.79. The Hall–Kier alpha value is -4.26. The Balaban J connectivity index is 1.74. The highest BCUT2D eigenvalue weighted by Crippen LogP contribution is 2.28. The number of sulfonamides is 1. The molecule has 11 nitrogen and oxygen atoms in total. The van der Waals surface area contributed by atoms with E-state index in [-0.39, 0.29) is 33.0 Å². The van der Waals surface area contributed by atoms with E-state index >= 15 is 0 Å². The SMILES string of the molecule is O=C(O)c1cccc(Nc2nc3ccccc3nc2NS(=O)(=O)c2ccc(N(O)O)cc2)c1. The molecule has 33 heavy (non-hydrogen) atoms. The average molecular weight is 467 g/mol. The predicted molar refractivity (Wildman–Crippen MR) is 120 cm³/mol. The third-order valence-corrected chi connectivity index (χ3v) is 5.91. The monoisotopic (exact) mass is 467 g/mol. The van der Waals surface area contributed by atoms with Crippen molar-refractivity contribution in [3.8, 4) is 0 Å². The lowest BCUT2D eigenvalue weighted by Gasteiger charge is -2.14. The number of fused-ring (bicyclic) bond motifs is 1. The van der Waals surface area contributed by atoms with Crippen LogP contribution in [0.4, 0.5) is 23.0 Å². The minimum atomic E-state index is -4.13. The summed E-state index contributed by atoms with van der Waals surface area (Å²) < 4.78 is 28.3. The lowest BCUT2D eigenvalue weighted by atomic mass is 10.2. The maximum Gasteiger partial charge on any atom is 0.335 e. The van der Waals surface area contributed by atoms with E-state index in [1.807, 2.05) is 0 Å². The van der Waals surface area contributed by atoms with E-state index in [1.54, 1.807) is 30.3 Å². The number of hydrogen-bond acceptors (Lipinski definition) is 9. The molecule has 0 bridgehead atoms. The zero-order valence-corrected chi connectivity index (χ0v) is 17.6. The highest BCUT2D eigenvalue weighted by Gasteiger charge is 2.20. The minimum Gasteiger partial charge on any atom is -0.478 e. The molecule has 0 radical (unpaired) electrons. The first kappa shape index (κ1) is 22.0. The Bertz CT molecular complexity index is 1440. The van der Waals surface area contributed by atoms with Gasteiger partial charge >= 0.3 is 5.97 Å². The van der Waals surface area contributed by atoms with Crippen molar-refractivity contribution < 1.29 is 28.7 Å². The van der Waals surface area contributed by atoms with Gasteiger partial charge in [0.2, 0.25) is 0 Å². The smallest absolute Gasteiger partial charge is 0.335 e. The topological polar surface area (TPSA) is 165 Å². The number of benzene rings is 3. The zero-order valence-electron chi connectivity index (χ0n) is 16.7. The van der Waals surface area contributed by atoms with Crippen LogP contribution >= 0.6 is 0 Å². The van der Waals surface area contributed by atoms with Gasteiger partial charge in [-0.1, -0.05) is 18.2 Å². The molecule has 0 unspecified atom stereocenters. The second-order valence-electron chi connectivity index (χ2n) is 6.81. The number of carboxylic acids is 1. The third kappa shape index (κ3) is 4.82. The highest BCUT2D eigenvalue weighted by molar-refractivity contribution is 7.92. The quantitative estimate of drug-likeness (QED) is 0.254. The number of nitrogens with one attached hydrogen (secondary N) is 2. The van der Waals surface area contributed by atoms with Gasteiger partial charge in [0.15, 0.2) is 11.6 Å². The summed E-state index contributed by atoms with van der Waals surface area (Å²) in [6.45, 7) is 0. The van der Waals surface area contributed by atoms with Gasteiger partial charge in [-0.05, 0) is 54.6 Å². The van der Waals surface area contributed by atoms with Gasteiger partial charge in [0.05, 0.1) is 27.2 Å². The van der Waals surface area contributed by atoms with E-state index in [9.17, 15) is 18.3 Å². The molecule has 0 aliphatic heterocycles. The van der Waals surface area contributed by atoms with Crippen LogP contribution in [0, 0.1) is 0 Å². The van der Waals surface area contributed by atoms with Gasteiger partial charge < -0.3 is 10.4 Å². The van der Waals surface area contributed by atoms with Crippen LogP contribution in [0.1, 0.15) is 10.4 Å². The number of hydrogen-bond donors (Lipinski definition) is 5. The summed E-state index contributed by atoms with van der Waals surface area (Å²) in [5.41, 5.74) is 1.31. The van der Waals surface area contributed by atoms with Crippen LogP contribution in [0.15, 0.2) is 77.7 Å². The van der Waals surface area contributed by atoms with Crippen molar-refractivity contribution in [2.75, 3.05) is 15.3 Å². The van der Waals surface area contributed by atoms with Crippen LogP contribution in [0.25, 0.3) is 11.0 Å². The van der Waals surface area contributed by atoms with Crippen LogP contribution in [-0.2, 0) is 10.0 Å². The Morgan fingerprint density at radius 1 is 0.848 bits per heavy atom. The van der Waals surface area contributed by atoms with Gasteiger partial charge in [-0.25, -0.2) is 23.2 Å². The molecular formula is C21H17N5O6S. The van der Waals surface area contributed by atoms with Crippen molar-refractivity contribution in [2.45, 2.75) is 4.90 Å². The van der Waals surface area contributed by atoms with E-state index in [1.165, 1.54) is 42.5 Å². The Morgan fingerprint density at radius 2 is 1.48 bits per heavy atom. The van der Waals surface area contributed by atoms with Gasteiger partial charge in [-0.3, -0.25) is 15.1 Å². The molecule has 0 fully saturated rings. The van der Waals surface area contributed by atoms with Crippen molar-refractivity contribution in [3.63, 3.8) is 0 Å². The molecule has 1 heterocycles. The lowest BCUT2D eigenvalue weighted by molar-refractivity contribution is 0.0291. The van der Waals surface area contributed by atoms with E-state index in [4.69, 9.17) is 10.4 Å². The normalized spacial score (nSPS) is 11.2. The maximum absolute atomic E-state index is 12.9. The van der Waals surface area contributed by atoms with Crippen LogP contribution < -0.4 is 15.3 Å². The van der Waals surface area contributed by atoms with Crippen LogP contribution in [0.2, 0.25) is 0 Å². The molecule has 0 aliphatic carbocycles. The largest absolute Gasteiger partial charge is 0.478 e. The summed E-state index contributed by atoms with van der Waals surface area (Å²) in [5, 5.41) is 30.1. The molecule has 4 aromatic rings. The molecule has 0 saturated carbocycles. The Kier molecular flexibility index (Phi) is 5.79. The highest BCUT2D eigenvalue weighted by atomic mass is 32.2. The van der Waals surface area contributed by atoms with Crippen molar-refractivity contribution >= 4 is 50.0 Å². The van der Waals surface area contributed by atoms with Gasteiger partial charge in [-0.15, -0.1) is 5.23 Å². The summed E-state index contributed by atoms with van der Waals surface area (Å²) >= 11 is 0. The molecule has 1 aromatic heterocycles. The maximum atomic E-state index is 12.9. The lowest BCUT2D eigenvalue weighted by Crippen LogP contribution is -2.16. The van der Waals surface area contributed by atoms with Gasteiger partial charge in [0.25, 0.3) is 10.0 Å². The fourth-order valence-corrected chi connectivity index (χ4v) is 3.98. The molecule has 5 N–H and O–H groups in total. The Morgan fingerprint density at radius 3 is 2.09 bits per heavy atom. The number of anilines is 4. The number of carbonyl (C=O) groups is 1. The second-order valence-corrected chi connectivity index (χ2v) is 8.49. The second kappa shape index (κ2) is 8.70. The summed E-state index contributed by atoms with van der Waals surface area (Å²) in [5.74, 6) is -1.16. The zero-order chi connectivity index (χ0) is 23.6. The van der Waals surface area contributed by atoms with Gasteiger partial charge in [-0.2, -0.15) is 0 Å². The van der Waals surface area contributed by atoms with Crippen molar-refractivity contribution in [1.29, 1.82) is 0 Å². The molecule has 168 valence electrons. The van der Waals surface area contributed by atoms with Crippen LogP contribution in [0.3, 0.4) is 0 Å². The number of nitrogens with zero attached hydrogens (tertiary/aromatic N) is 3. The standard InChI is InChI=1S/C21H17N5O6S/c27-21(28)13-4-3-5-14(12-13)22-19-20(24-18-7-2-1-6-17(18)23-19)25-33(31,32)16-10-8-15(9-11-16)26(29)30/h1-12,29-30H,(H,22,23)(H,24,25)(H,27,28). The molecular weight excluding hydrogens is 450 g/mol. The van der Waals surface area contributed by atoms with E-state index in [2.05, 4.69) is 20.0 Å². The molecule has 0 amide bonds. The summed E-state index contributed by atoms with van der Waals surface area (Å²) in [6, 6.07) is 17.6. The summed E-state index contributed by atoms with van der Waals surface area (Å²) in [6.07, 6.45) is 0. The summed E-state index contributed by atoms with van der Waals surface area (Å²) in [4.78, 5) is 19.9. The van der Waals surface area contributed by atoms with Crippen molar-refractivity contribution in [2.24, 2.45) is 0 Å². The number of rotatable bonds is 7. The van der Waals surface area contributed by atoms with E-state index < -0.39 is 16.0 Å². The molecule has 0 saturated heterocycles. The Labute approximate surface area is 187 Å². The number of carboxylic acid groups (broad SMARTS) is 1. The first-order valence-corrected chi connectivity index (χ1v) is 10.9. The number of aromatic carboxylic acids is 1. The molecule has 0 atom stereocenters. The molecule has 3 aromatic carbocycles. The minimum absolute atomic E-state index is 0.0277. The van der Waals surface area contributed by atoms with Crippen molar-refractivity contribution in [1.82, 2.24) is 9.97 Å². The first-order valence-electron chi connectivity index (χ1n) is 9.41. The molecule has 12 heteroatoms. The predicted octanol–water partition coefficient (Wildman–Crippen LogP) is 3.46. The summed E-state index contributed by atoms with van der Waals surface area (Å²) in [7, 11) is -4.13. The van der Waals surface area contributed by atoms with Crippen LogP contribution in [0.5, 0.6) is 0 Å².